The van der Waals surface area contributed by atoms with Gasteiger partial charge in [-0.1, -0.05) is 36.4 Å². The maximum atomic E-state index is 11.9. The summed E-state index contributed by atoms with van der Waals surface area (Å²) in [5.74, 6) is 1.13. The summed E-state index contributed by atoms with van der Waals surface area (Å²) in [6, 6.07) is 18.9. The van der Waals surface area contributed by atoms with E-state index in [0.717, 1.165) is 11.0 Å². The number of amides is 1. The number of nitrogens with one attached hydrogen (secondary N) is 1. The van der Waals surface area contributed by atoms with Crippen LogP contribution in [0.1, 0.15) is 11.9 Å². The van der Waals surface area contributed by atoms with Crippen LogP contribution in [0.25, 0.3) is 11.0 Å². The van der Waals surface area contributed by atoms with Gasteiger partial charge >= 0.3 is 0 Å². The van der Waals surface area contributed by atoms with E-state index in [9.17, 15) is 4.79 Å². The zero-order chi connectivity index (χ0) is 16.8. The summed E-state index contributed by atoms with van der Waals surface area (Å²) in [6.07, 6.45) is -0.349. The van der Waals surface area contributed by atoms with Gasteiger partial charge in [-0.05, 0) is 24.3 Å². The first kappa shape index (κ1) is 16.1. The molecule has 124 valence electrons. The van der Waals surface area contributed by atoms with E-state index < -0.39 is 0 Å². The normalized spacial score (nSPS) is 12.0. The van der Waals surface area contributed by atoms with Gasteiger partial charge in [0.2, 0.25) is 0 Å². The Kier molecular flexibility index (Phi) is 5.13. The van der Waals surface area contributed by atoms with Gasteiger partial charge in [0.1, 0.15) is 23.2 Å². The molecule has 0 spiro atoms. The lowest BCUT2D eigenvalue weighted by molar-refractivity contribution is -0.123. The molecule has 5 nitrogen and oxygen atoms in total. The highest BCUT2D eigenvalue weighted by Gasteiger charge is 2.17. The average molecular weight is 325 g/mol. The van der Waals surface area contributed by atoms with Crippen molar-refractivity contribution in [3.05, 3.63) is 66.4 Å². The van der Waals surface area contributed by atoms with Crippen LogP contribution in [-0.2, 0) is 9.53 Å². The van der Waals surface area contributed by atoms with Gasteiger partial charge in [0.15, 0.2) is 6.61 Å². The first-order chi connectivity index (χ1) is 11.8. The van der Waals surface area contributed by atoms with E-state index in [4.69, 9.17) is 13.9 Å². The molecule has 1 aromatic heterocycles. The third-order valence-corrected chi connectivity index (χ3v) is 3.64. The number of furan rings is 1. The molecule has 3 rings (SSSR count). The van der Waals surface area contributed by atoms with E-state index in [1.165, 1.54) is 0 Å². The van der Waals surface area contributed by atoms with Gasteiger partial charge in [0.25, 0.3) is 5.91 Å². The predicted molar refractivity (Wildman–Crippen MR) is 90.9 cm³/mol. The van der Waals surface area contributed by atoms with Gasteiger partial charge in [-0.25, -0.2) is 0 Å². The van der Waals surface area contributed by atoms with E-state index in [1.807, 2.05) is 48.5 Å². The molecule has 24 heavy (non-hydrogen) atoms. The van der Waals surface area contributed by atoms with Gasteiger partial charge in [0.05, 0.1) is 6.54 Å². The highest BCUT2D eigenvalue weighted by molar-refractivity contribution is 5.78. The zero-order valence-electron chi connectivity index (χ0n) is 13.4. The van der Waals surface area contributed by atoms with Crippen LogP contribution in [0.5, 0.6) is 5.75 Å². The lowest BCUT2D eigenvalue weighted by Gasteiger charge is -2.14. The van der Waals surface area contributed by atoms with Crippen molar-refractivity contribution in [2.75, 3.05) is 20.3 Å². The van der Waals surface area contributed by atoms with Crippen LogP contribution in [0.4, 0.5) is 0 Å². The van der Waals surface area contributed by atoms with Crippen molar-refractivity contribution >= 4 is 16.9 Å². The highest BCUT2D eigenvalue weighted by atomic mass is 16.5. The molecule has 2 aromatic carbocycles. The third-order valence-electron chi connectivity index (χ3n) is 3.64. The van der Waals surface area contributed by atoms with E-state index in [1.54, 1.807) is 19.2 Å². The summed E-state index contributed by atoms with van der Waals surface area (Å²) in [5.41, 5.74) is 0.799. The molecule has 1 atom stereocenters. The Balaban J connectivity index is 1.54. The number of hydrogen-bond donors (Lipinski definition) is 1. The molecule has 0 radical (unpaired) electrons. The number of rotatable bonds is 7. The van der Waals surface area contributed by atoms with E-state index >= 15 is 0 Å². The quantitative estimate of drug-likeness (QED) is 0.724. The second-order valence-corrected chi connectivity index (χ2v) is 5.32. The summed E-state index contributed by atoms with van der Waals surface area (Å²) < 4.78 is 16.6. The van der Waals surface area contributed by atoms with Crippen molar-refractivity contribution in [1.29, 1.82) is 0 Å². The SMILES string of the molecule is CO[C@H](CNC(=O)COc1ccccc1)c1cc2ccccc2o1. The van der Waals surface area contributed by atoms with Crippen molar-refractivity contribution in [2.24, 2.45) is 0 Å². The topological polar surface area (TPSA) is 60.7 Å². The summed E-state index contributed by atoms with van der Waals surface area (Å²) in [6.45, 7) is 0.272. The fourth-order valence-electron chi connectivity index (χ4n) is 2.38. The van der Waals surface area contributed by atoms with E-state index in [-0.39, 0.29) is 18.6 Å². The maximum Gasteiger partial charge on any atom is 0.258 e. The number of hydrogen-bond acceptors (Lipinski definition) is 4. The van der Waals surface area contributed by atoms with Gasteiger partial charge in [-0.15, -0.1) is 0 Å². The third kappa shape index (κ3) is 3.94. The predicted octanol–water partition coefficient (Wildman–Crippen LogP) is 3.32. The minimum absolute atomic E-state index is 0.0411. The van der Waals surface area contributed by atoms with Crippen LogP contribution < -0.4 is 10.1 Å². The number of para-hydroxylation sites is 2. The molecule has 1 heterocycles. The minimum atomic E-state index is -0.349. The van der Waals surface area contributed by atoms with Crippen LogP contribution in [0.3, 0.4) is 0 Å². The van der Waals surface area contributed by atoms with E-state index in [0.29, 0.717) is 18.1 Å². The number of ether oxygens (including phenoxy) is 2. The smallest absolute Gasteiger partial charge is 0.258 e. The summed E-state index contributed by atoms with van der Waals surface area (Å²) in [7, 11) is 1.59. The van der Waals surface area contributed by atoms with Crippen LogP contribution in [0, 0.1) is 0 Å². The molecule has 0 aliphatic carbocycles. The van der Waals surface area contributed by atoms with Crippen LogP contribution in [0.2, 0.25) is 0 Å². The van der Waals surface area contributed by atoms with Crippen LogP contribution in [-0.4, -0.2) is 26.2 Å². The molecule has 0 unspecified atom stereocenters. The number of methoxy groups -OCH3 is 1. The molecule has 0 aliphatic rings. The van der Waals surface area contributed by atoms with Crippen molar-refractivity contribution in [1.82, 2.24) is 5.32 Å². The number of carbonyl (C=O) groups is 1. The number of benzene rings is 2. The first-order valence-corrected chi connectivity index (χ1v) is 7.72. The Hall–Kier alpha value is -2.79. The Labute approximate surface area is 140 Å². The molecular formula is C19H19NO4. The lowest BCUT2D eigenvalue weighted by atomic mass is 10.2. The molecule has 5 heteroatoms. The van der Waals surface area contributed by atoms with E-state index in [2.05, 4.69) is 5.32 Å². The molecular weight excluding hydrogens is 306 g/mol. The summed E-state index contributed by atoms with van der Waals surface area (Å²) >= 11 is 0. The fourth-order valence-corrected chi connectivity index (χ4v) is 2.38. The van der Waals surface area contributed by atoms with Gasteiger partial charge in [-0.2, -0.15) is 0 Å². The molecule has 0 saturated carbocycles. The molecule has 0 fully saturated rings. The first-order valence-electron chi connectivity index (χ1n) is 7.72. The van der Waals surface area contributed by atoms with Crippen molar-refractivity contribution in [3.63, 3.8) is 0 Å². The van der Waals surface area contributed by atoms with Crippen LogP contribution in [0.15, 0.2) is 65.1 Å². The standard InChI is InChI=1S/C19H19NO4/c1-22-18(17-11-14-7-5-6-10-16(14)24-17)12-20-19(21)13-23-15-8-3-2-4-9-15/h2-11,18H,12-13H2,1H3,(H,20,21)/t18-/m1/s1. The number of fused-ring (bicyclic) bond motifs is 1. The van der Waals surface area contributed by atoms with Gasteiger partial charge in [0, 0.05) is 12.5 Å². The Morgan fingerprint density at radius 3 is 2.62 bits per heavy atom. The maximum absolute atomic E-state index is 11.9. The lowest BCUT2D eigenvalue weighted by Crippen LogP contribution is -2.32. The molecule has 3 aromatic rings. The Morgan fingerprint density at radius 1 is 1.12 bits per heavy atom. The molecule has 1 amide bonds. The zero-order valence-corrected chi connectivity index (χ0v) is 13.4. The average Bonchev–Trinajstić information content (AvgIpc) is 3.05. The van der Waals surface area contributed by atoms with Gasteiger partial charge in [-0.3, -0.25) is 4.79 Å². The molecule has 0 saturated heterocycles. The van der Waals surface area contributed by atoms with Crippen molar-refractivity contribution in [2.45, 2.75) is 6.10 Å². The summed E-state index contributed by atoms with van der Waals surface area (Å²) in [5, 5.41) is 3.81. The highest BCUT2D eigenvalue weighted by Crippen LogP contribution is 2.25. The summed E-state index contributed by atoms with van der Waals surface area (Å²) in [4.78, 5) is 11.9. The number of carbonyl (C=O) groups excluding carboxylic acids is 1. The Bertz CT molecular complexity index is 764. The second-order valence-electron chi connectivity index (χ2n) is 5.32. The molecule has 0 bridgehead atoms. The fraction of sp³-hybridized carbons (Fsp3) is 0.211. The monoisotopic (exact) mass is 325 g/mol. The molecule has 0 aliphatic heterocycles. The Morgan fingerprint density at radius 2 is 1.88 bits per heavy atom. The van der Waals surface area contributed by atoms with Crippen molar-refractivity contribution in [3.8, 4) is 5.75 Å². The van der Waals surface area contributed by atoms with Crippen molar-refractivity contribution < 1.29 is 18.7 Å². The minimum Gasteiger partial charge on any atom is -0.484 e. The molecule has 1 N–H and O–H groups in total. The van der Waals surface area contributed by atoms with Crippen LogP contribution >= 0.6 is 0 Å². The second kappa shape index (κ2) is 7.66. The largest absolute Gasteiger partial charge is 0.484 e. The van der Waals surface area contributed by atoms with Gasteiger partial charge < -0.3 is 19.2 Å².